The summed E-state index contributed by atoms with van der Waals surface area (Å²) in [6.45, 7) is 0.875. The van der Waals surface area contributed by atoms with Crippen molar-refractivity contribution < 1.29 is 19.4 Å². The molecule has 3 N–H and O–H groups in total. The average Bonchev–Trinajstić information content (AvgIpc) is 2.84. The van der Waals surface area contributed by atoms with E-state index < -0.39 is 6.10 Å². The summed E-state index contributed by atoms with van der Waals surface area (Å²) in [5, 5.41) is 9.48. The van der Waals surface area contributed by atoms with Crippen molar-refractivity contribution in [1.82, 2.24) is 4.90 Å². The van der Waals surface area contributed by atoms with Gasteiger partial charge in [0.15, 0.2) is 11.5 Å². The molecule has 1 aromatic carbocycles. The van der Waals surface area contributed by atoms with Gasteiger partial charge in [-0.05, 0) is 12.5 Å². The van der Waals surface area contributed by atoms with Gasteiger partial charge in [-0.1, -0.05) is 0 Å². The first kappa shape index (κ1) is 13.5. The molecule has 0 bridgehead atoms. The largest absolute Gasteiger partial charge is 0.493 e. The standard InChI is InChI=1S/C13H18N2O4/c1-18-11-5-9(10(14)6-12(11)19-2)13(17)15-4-3-8(16)7-15/h5-6,8,16H,3-4,7,14H2,1-2H3/t8-/m0/s1. The third-order valence-electron chi connectivity index (χ3n) is 3.24. The van der Waals surface area contributed by atoms with E-state index in [4.69, 9.17) is 15.2 Å². The molecule has 1 aliphatic heterocycles. The van der Waals surface area contributed by atoms with Crippen LogP contribution in [0.1, 0.15) is 16.8 Å². The van der Waals surface area contributed by atoms with Gasteiger partial charge in [-0.15, -0.1) is 0 Å². The Morgan fingerprint density at radius 2 is 2.00 bits per heavy atom. The predicted molar refractivity (Wildman–Crippen MR) is 70.5 cm³/mol. The van der Waals surface area contributed by atoms with Crippen LogP contribution in [0.4, 0.5) is 5.69 Å². The van der Waals surface area contributed by atoms with Crippen LogP contribution in [0.15, 0.2) is 12.1 Å². The summed E-state index contributed by atoms with van der Waals surface area (Å²) >= 11 is 0. The summed E-state index contributed by atoms with van der Waals surface area (Å²) in [7, 11) is 3.01. The van der Waals surface area contributed by atoms with Crippen LogP contribution in [0.2, 0.25) is 0 Å². The number of carbonyl (C=O) groups is 1. The molecule has 1 heterocycles. The summed E-state index contributed by atoms with van der Waals surface area (Å²) in [5.41, 5.74) is 6.58. The van der Waals surface area contributed by atoms with Crippen LogP contribution in [0.5, 0.6) is 11.5 Å². The van der Waals surface area contributed by atoms with Crippen LogP contribution in [0, 0.1) is 0 Å². The number of nitrogens with two attached hydrogens (primary N) is 1. The maximum atomic E-state index is 12.3. The zero-order chi connectivity index (χ0) is 14.0. The number of amides is 1. The number of aliphatic hydroxyl groups is 1. The minimum atomic E-state index is -0.453. The molecule has 1 fully saturated rings. The molecule has 6 nitrogen and oxygen atoms in total. The Labute approximate surface area is 111 Å². The number of likely N-dealkylation sites (tertiary alicyclic amines) is 1. The lowest BCUT2D eigenvalue weighted by Gasteiger charge is -2.18. The molecule has 104 valence electrons. The third kappa shape index (κ3) is 2.58. The van der Waals surface area contributed by atoms with Crippen molar-refractivity contribution in [2.75, 3.05) is 33.0 Å². The number of carbonyl (C=O) groups excluding carboxylic acids is 1. The molecule has 0 radical (unpaired) electrons. The molecule has 0 unspecified atom stereocenters. The Morgan fingerprint density at radius 3 is 2.53 bits per heavy atom. The van der Waals surface area contributed by atoms with Crippen LogP contribution >= 0.6 is 0 Å². The summed E-state index contributed by atoms with van der Waals surface area (Å²) in [5.74, 6) is 0.743. The van der Waals surface area contributed by atoms with Gasteiger partial charge >= 0.3 is 0 Å². The summed E-state index contributed by atoms with van der Waals surface area (Å²) < 4.78 is 10.3. The van der Waals surface area contributed by atoms with Crippen molar-refractivity contribution in [1.29, 1.82) is 0 Å². The topological polar surface area (TPSA) is 85.0 Å². The molecule has 0 spiro atoms. The Hall–Kier alpha value is -1.95. The van der Waals surface area contributed by atoms with Crippen LogP contribution in [0.25, 0.3) is 0 Å². The van der Waals surface area contributed by atoms with Crippen LogP contribution in [-0.4, -0.2) is 49.3 Å². The lowest BCUT2D eigenvalue weighted by atomic mass is 10.1. The lowest BCUT2D eigenvalue weighted by molar-refractivity contribution is 0.0765. The number of hydrogen-bond acceptors (Lipinski definition) is 5. The molecule has 2 rings (SSSR count). The van der Waals surface area contributed by atoms with Crippen LogP contribution in [-0.2, 0) is 0 Å². The van der Waals surface area contributed by atoms with Gasteiger partial charge in [0.1, 0.15) is 0 Å². The number of rotatable bonds is 3. The fourth-order valence-corrected chi connectivity index (χ4v) is 2.18. The first-order chi connectivity index (χ1) is 9.06. The Kier molecular flexibility index (Phi) is 3.80. The molecule has 19 heavy (non-hydrogen) atoms. The highest BCUT2D eigenvalue weighted by Crippen LogP contribution is 2.32. The second-order valence-electron chi connectivity index (χ2n) is 4.49. The van der Waals surface area contributed by atoms with E-state index in [1.807, 2.05) is 0 Å². The number of nitrogens with zero attached hydrogens (tertiary/aromatic N) is 1. The molecular weight excluding hydrogens is 248 g/mol. The van der Waals surface area contributed by atoms with Crippen molar-refractivity contribution in [3.05, 3.63) is 17.7 Å². The highest BCUT2D eigenvalue weighted by molar-refractivity contribution is 6.00. The van der Waals surface area contributed by atoms with E-state index in [0.717, 1.165) is 0 Å². The number of ether oxygens (including phenoxy) is 2. The Balaban J connectivity index is 2.31. The molecule has 6 heteroatoms. The van der Waals surface area contributed by atoms with Gasteiger partial charge < -0.3 is 25.2 Å². The molecule has 1 amide bonds. The minimum absolute atomic E-state index is 0.199. The smallest absolute Gasteiger partial charge is 0.256 e. The third-order valence-corrected chi connectivity index (χ3v) is 3.24. The number of hydrogen-bond donors (Lipinski definition) is 2. The van der Waals surface area contributed by atoms with Crippen molar-refractivity contribution in [3.8, 4) is 11.5 Å². The van der Waals surface area contributed by atoms with E-state index in [1.165, 1.54) is 14.2 Å². The molecule has 0 aliphatic carbocycles. The number of nitrogen functional groups attached to an aromatic ring is 1. The van der Waals surface area contributed by atoms with E-state index in [2.05, 4.69) is 0 Å². The van der Waals surface area contributed by atoms with E-state index in [1.54, 1.807) is 17.0 Å². The normalized spacial score (nSPS) is 18.5. The van der Waals surface area contributed by atoms with E-state index >= 15 is 0 Å². The van der Waals surface area contributed by atoms with Crippen molar-refractivity contribution in [2.24, 2.45) is 0 Å². The zero-order valence-corrected chi connectivity index (χ0v) is 11.0. The van der Waals surface area contributed by atoms with E-state index in [-0.39, 0.29) is 5.91 Å². The van der Waals surface area contributed by atoms with Gasteiger partial charge in [0, 0.05) is 24.8 Å². The SMILES string of the molecule is COc1cc(N)c(C(=O)N2CC[C@H](O)C2)cc1OC. The summed E-state index contributed by atoms with van der Waals surface area (Å²) in [6, 6.07) is 3.14. The van der Waals surface area contributed by atoms with Crippen LogP contribution in [0.3, 0.4) is 0 Å². The quantitative estimate of drug-likeness (QED) is 0.778. The molecule has 1 aliphatic rings. The maximum Gasteiger partial charge on any atom is 0.256 e. The van der Waals surface area contributed by atoms with Gasteiger partial charge in [-0.3, -0.25) is 4.79 Å². The van der Waals surface area contributed by atoms with Gasteiger partial charge in [0.25, 0.3) is 5.91 Å². The van der Waals surface area contributed by atoms with E-state index in [0.29, 0.717) is 42.3 Å². The van der Waals surface area contributed by atoms with Crippen molar-refractivity contribution in [3.63, 3.8) is 0 Å². The van der Waals surface area contributed by atoms with Crippen LogP contribution < -0.4 is 15.2 Å². The fourth-order valence-electron chi connectivity index (χ4n) is 2.18. The summed E-state index contributed by atoms with van der Waals surface area (Å²) in [6.07, 6.45) is 0.143. The van der Waals surface area contributed by atoms with Gasteiger partial charge in [0.05, 0.1) is 25.9 Å². The Bertz CT molecular complexity index is 490. The minimum Gasteiger partial charge on any atom is -0.493 e. The van der Waals surface area contributed by atoms with Crippen molar-refractivity contribution >= 4 is 11.6 Å². The number of β-amino-alcohol motifs (C(OH)–C–C–N with tert-alkyl or cyclic N) is 1. The lowest BCUT2D eigenvalue weighted by Crippen LogP contribution is -2.30. The molecular formula is C13H18N2O4. The molecule has 1 saturated heterocycles. The number of anilines is 1. The molecule has 1 aromatic rings. The van der Waals surface area contributed by atoms with Gasteiger partial charge in [0.2, 0.25) is 0 Å². The van der Waals surface area contributed by atoms with E-state index in [9.17, 15) is 9.90 Å². The van der Waals surface area contributed by atoms with Gasteiger partial charge in [-0.25, -0.2) is 0 Å². The highest BCUT2D eigenvalue weighted by Gasteiger charge is 2.27. The first-order valence-corrected chi connectivity index (χ1v) is 6.05. The number of benzene rings is 1. The zero-order valence-electron chi connectivity index (χ0n) is 11.0. The highest BCUT2D eigenvalue weighted by atomic mass is 16.5. The molecule has 0 saturated carbocycles. The monoisotopic (exact) mass is 266 g/mol. The Morgan fingerprint density at radius 1 is 1.37 bits per heavy atom. The summed E-state index contributed by atoms with van der Waals surface area (Å²) in [4.78, 5) is 13.9. The average molecular weight is 266 g/mol. The second kappa shape index (κ2) is 5.36. The molecule has 1 atom stereocenters. The second-order valence-corrected chi connectivity index (χ2v) is 4.49. The van der Waals surface area contributed by atoms with Crippen molar-refractivity contribution in [2.45, 2.75) is 12.5 Å². The maximum absolute atomic E-state index is 12.3. The number of aliphatic hydroxyl groups excluding tert-OH is 1. The predicted octanol–water partition coefficient (Wildman–Crippen LogP) is 0.493. The van der Waals surface area contributed by atoms with Gasteiger partial charge in [-0.2, -0.15) is 0 Å². The first-order valence-electron chi connectivity index (χ1n) is 6.05. The fraction of sp³-hybridized carbons (Fsp3) is 0.462. The molecule has 0 aromatic heterocycles. The number of methoxy groups -OCH3 is 2.